The van der Waals surface area contributed by atoms with Crippen LogP contribution in [0.2, 0.25) is 11.1 Å². The predicted molar refractivity (Wildman–Crippen MR) is 59.2 cm³/mol. The van der Waals surface area contributed by atoms with Crippen molar-refractivity contribution >= 4 is 40.9 Å². The summed E-state index contributed by atoms with van der Waals surface area (Å²) in [4.78, 5) is 10.9. The topological polar surface area (TPSA) is 57.5 Å². The third kappa shape index (κ3) is 4.72. The van der Waals surface area contributed by atoms with E-state index in [1.807, 2.05) is 12.7 Å². The van der Waals surface area contributed by atoms with E-state index in [1.165, 1.54) is 0 Å². The number of aliphatic hydroxyl groups is 1. The Kier molecular flexibility index (Phi) is 7.79. The number of hydrogen-bond donors (Lipinski definition) is 2. The van der Waals surface area contributed by atoms with Crippen molar-refractivity contribution in [3.05, 3.63) is 0 Å². The normalized spacial score (nSPS) is 14.8. The second-order valence-corrected chi connectivity index (χ2v) is 5.95. The van der Waals surface area contributed by atoms with Crippen LogP contribution in [0.4, 0.5) is 0 Å². The van der Waals surface area contributed by atoms with E-state index in [4.69, 9.17) is 5.11 Å². The minimum absolute atomic E-state index is 0.310. The summed E-state index contributed by atoms with van der Waals surface area (Å²) in [6, 6.07) is 0. The molecule has 0 aliphatic carbocycles. The average molecular weight is 330 g/mol. The maximum atomic E-state index is 10.9. The van der Waals surface area contributed by atoms with Crippen LogP contribution in [0.25, 0.3) is 0 Å². The fourth-order valence-corrected chi connectivity index (χ4v) is 3.63. The van der Waals surface area contributed by atoms with E-state index in [0.29, 0.717) is 31.1 Å². The summed E-state index contributed by atoms with van der Waals surface area (Å²) >= 11 is 3.03. The second kappa shape index (κ2) is 7.61. The first-order valence-corrected chi connectivity index (χ1v) is 8.26. The predicted octanol–water partition coefficient (Wildman–Crippen LogP) is 0.360. The van der Waals surface area contributed by atoms with Crippen LogP contribution in [0.1, 0.15) is 19.8 Å². The van der Waals surface area contributed by atoms with Crippen molar-refractivity contribution in [3.8, 4) is 0 Å². The van der Waals surface area contributed by atoms with Crippen molar-refractivity contribution in [1.82, 2.24) is 0 Å². The third-order valence-electron chi connectivity index (χ3n) is 1.87. The quantitative estimate of drug-likeness (QED) is 0.663. The molecule has 3 nitrogen and oxygen atoms in total. The molecular formula is C9H16O3Se2. The van der Waals surface area contributed by atoms with E-state index in [1.54, 1.807) is 0 Å². The molecule has 0 aromatic rings. The molecule has 2 N–H and O–H groups in total. The van der Waals surface area contributed by atoms with Crippen LogP contribution in [0.3, 0.4) is 0 Å². The van der Waals surface area contributed by atoms with Gasteiger partial charge in [0.15, 0.2) is 0 Å². The second-order valence-electron chi connectivity index (χ2n) is 3.05. The number of aliphatic hydroxyl groups excluding tert-OH is 1. The van der Waals surface area contributed by atoms with Gasteiger partial charge in [-0.2, -0.15) is 0 Å². The summed E-state index contributed by atoms with van der Waals surface area (Å²) in [5.41, 5.74) is 0. The number of hydrogen-bond acceptors (Lipinski definition) is 2. The molecule has 0 aliphatic rings. The first-order chi connectivity index (χ1) is 6.54. The van der Waals surface area contributed by atoms with Gasteiger partial charge in [0.1, 0.15) is 0 Å². The van der Waals surface area contributed by atoms with Gasteiger partial charge >= 0.3 is 98.9 Å². The zero-order valence-electron chi connectivity index (χ0n) is 8.40. The molecule has 0 radical (unpaired) electrons. The number of carboxylic acid groups (broad SMARTS) is 1. The van der Waals surface area contributed by atoms with Crippen molar-refractivity contribution in [2.45, 2.75) is 37.0 Å². The summed E-state index contributed by atoms with van der Waals surface area (Å²) in [5.74, 6) is 0.654. The zero-order chi connectivity index (χ0) is 11.1. The first kappa shape index (κ1) is 14.3. The first-order valence-electron chi connectivity index (χ1n) is 4.48. The van der Waals surface area contributed by atoms with Gasteiger partial charge in [-0.3, -0.25) is 0 Å². The van der Waals surface area contributed by atoms with E-state index in [-0.39, 0.29) is 0 Å². The molecule has 0 aliphatic heterocycles. The van der Waals surface area contributed by atoms with Crippen LogP contribution in [0.15, 0.2) is 0 Å². The molecule has 0 saturated carbocycles. The molecule has 82 valence electrons. The van der Waals surface area contributed by atoms with Gasteiger partial charge in [-0.25, -0.2) is 0 Å². The Morgan fingerprint density at radius 1 is 1.57 bits per heavy atom. The van der Waals surface area contributed by atoms with Crippen molar-refractivity contribution in [1.29, 1.82) is 0 Å². The van der Waals surface area contributed by atoms with Crippen LogP contribution in [-0.2, 0) is 4.79 Å². The van der Waals surface area contributed by atoms with E-state index < -0.39 is 18.0 Å². The summed E-state index contributed by atoms with van der Waals surface area (Å²) in [5, 5.41) is 19.2. The Morgan fingerprint density at radius 2 is 2.14 bits per heavy atom. The summed E-state index contributed by atoms with van der Waals surface area (Å²) in [7, 11) is 0. The standard InChI is InChI=1S/C9H16O3Se2/c1-3-4-7(10)8(13)6(5-14-2)9(11)12/h6-7,10H,3-5H2,1-2H3,(H,11,12). The fourth-order valence-electron chi connectivity index (χ4n) is 1.09. The van der Waals surface area contributed by atoms with Crippen LogP contribution in [0.5, 0.6) is 0 Å². The van der Waals surface area contributed by atoms with Crippen LogP contribution in [-0.4, -0.2) is 57.2 Å². The van der Waals surface area contributed by atoms with Gasteiger partial charge < -0.3 is 0 Å². The van der Waals surface area contributed by atoms with E-state index >= 15 is 0 Å². The minimum atomic E-state index is -0.836. The third-order valence-corrected chi connectivity index (χ3v) is 4.43. The van der Waals surface area contributed by atoms with Crippen LogP contribution < -0.4 is 0 Å². The molecule has 2 unspecified atom stereocenters. The molecule has 0 bridgehead atoms. The molecule has 0 aromatic carbocycles. The van der Waals surface area contributed by atoms with E-state index in [0.717, 1.165) is 6.42 Å². The number of carboxylic acids is 1. The Balaban J connectivity index is 4.35. The molecule has 0 spiro atoms. The van der Waals surface area contributed by atoms with Crippen LogP contribution in [0, 0.1) is 5.92 Å². The zero-order valence-corrected chi connectivity index (χ0v) is 11.8. The van der Waals surface area contributed by atoms with Crippen molar-refractivity contribution in [2.24, 2.45) is 5.92 Å². The molecule has 2 atom stereocenters. The Hall–Kier alpha value is 0.339. The molecule has 0 amide bonds. The van der Waals surface area contributed by atoms with Gasteiger partial charge in [0.05, 0.1) is 0 Å². The number of rotatable bonds is 7. The molecular weight excluding hydrogens is 314 g/mol. The summed E-state index contributed by atoms with van der Waals surface area (Å²) in [6.45, 7) is 1.97. The van der Waals surface area contributed by atoms with Crippen LogP contribution >= 0.6 is 0 Å². The van der Waals surface area contributed by atoms with Gasteiger partial charge in [-0.1, -0.05) is 0 Å². The fraction of sp³-hybridized carbons (Fsp3) is 0.778. The van der Waals surface area contributed by atoms with E-state index in [9.17, 15) is 9.90 Å². The molecule has 0 fully saturated rings. The Labute approximate surface area is 98.8 Å². The molecule has 14 heavy (non-hydrogen) atoms. The SMILES string of the molecule is CCCC(O)C(=[Se])C(C[Se]C)C(=O)O. The molecule has 5 heteroatoms. The molecule has 0 aromatic heterocycles. The average Bonchev–Trinajstić information content (AvgIpc) is 2.13. The number of aliphatic carboxylic acids is 1. The van der Waals surface area contributed by atoms with Gasteiger partial charge in [0, 0.05) is 0 Å². The Bertz CT molecular complexity index is 206. The van der Waals surface area contributed by atoms with Gasteiger partial charge in [-0.15, -0.1) is 0 Å². The molecule has 0 saturated heterocycles. The van der Waals surface area contributed by atoms with Gasteiger partial charge in [0.2, 0.25) is 0 Å². The molecule has 0 heterocycles. The maximum absolute atomic E-state index is 10.9. The van der Waals surface area contributed by atoms with Crippen molar-refractivity contribution in [3.63, 3.8) is 0 Å². The van der Waals surface area contributed by atoms with Gasteiger partial charge in [-0.05, 0) is 0 Å². The summed E-state index contributed by atoms with van der Waals surface area (Å²) in [6.07, 6.45) is 0.877. The molecule has 0 rings (SSSR count). The van der Waals surface area contributed by atoms with Gasteiger partial charge in [0.25, 0.3) is 0 Å². The monoisotopic (exact) mass is 332 g/mol. The van der Waals surface area contributed by atoms with Crippen molar-refractivity contribution < 1.29 is 15.0 Å². The van der Waals surface area contributed by atoms with Crippen molar-refractivity contribution in [2.75, 3.05) is 0 Å². The number of carbonyl (C=O) groups is 1. The summed E-state index contributed by atoms with van der Waals surface area (Å²) < 4.78 is 0.586. The Morgan fingerprint density at radius 3 is 2.50 bits per heavy atom. The van der Waals surface area contributed by atoms with E-state index in [2.05, 4.69) is 15.6 Å².